The van der Waals surface area contributed by atoms with Crippen LogP contribution in [0.1, 0.15) is 31.8 Å². The first-order valence-corrected chi connectivity index (χ1v) is 15.0. The van der Waals surface area contributed by atoms with Crippen LogP contribution in [0.5, 0.6) is 23.0 Å². The Morgan fingerprint density at radius 3 is 2.02 bits per heavy atom. The van der Waals surface area contributed by atoms with E-state index in [0.717, 1.165) is 30.0 Å². The van der Waals surface area contributed by atoms with Gasteiger partial charge in [0.25, 0.3) is 0 Å². The number of phenolic OH excluding ortho intramolecular Hbond substituents is 2. The Labute approximate surface area is 265 Å². The number of rotatable bonds is 11. The van der Waals surface area contributed by atoms with Crippen molar-refractivity contribution in [3.05, 3.63) is 83.0 Å². The highest BCUT2D eigenvalue weighted by Gasteiger charge is 2.22. The van der Waals surface area contributed by atoms with Gasteiger partial charge in [0.15, 0.2) is 12.6 Å². The molecular weight excluding hydrogens is 592 g/mol. The number of nitrogens with zero attached hydrogens (tertiary/aromatic N) is 4. The number of hydrogen-bond donors (Lipinski definition) is 2. The average molecular weight is 627 g/mol. The number of carbonyl (C=O) groups excluding carboxylic acids is 2. The summed E-state index contributed by atoms with van der Waals surface area (Å²) in [6.07, 6.45) is 2.86. The van der Waals surface area contributed by atoms with Gasteiger partial charge in [-0.05, 0) is 42.5 Å². The fourth-order valence-corrected chi connectivity index (χ4v) is 5.52. The van der Waals surface area contributed by atoms with E-state index in [4.69, 9.17) is 23.9 Å². The Hall–Kier alpha value is -5.20. The molecule has 12 heteroatoms. The Bertz CT molecular complexity index is 1700. The molecule has 2 N–H and O–H groups in total. The van der Waals surface area contributed by atoms with Gasteiger partial charge in [-0.25, -0.2) is 9.97 Å². The number of aromatic nitrogens is 2. The lowest BCUT2D eigenvalue weighted by Crippen LogP contribution is -2.37. The number of benzene rings is 2. The number of pyridine rings is 2. The Morgan fingerprint density at radius 2 is 1.35 bits per heavy atom. The maximum Gasteiger partial charge on any atom is 0.157 e. The lowest BCUT2D eigenvalue weighted by atomic mass is 10.0. The topological polar surface area (TPSA) is 144 Å². The van der Waals surface area contributed by atoms with Crippen LogP contribution in [0, 0.1) is 0 Å². The van der Waals surface area contributed by atoms with Gasteiger partial charge in [0.1, 0.15) is 47.8 Å². The third kappa shape index (κ3) is 6.58. The lowest BCUT2D eigenvalue weighted by molar-refractivity contribution is 0.110. The SMILES string of the molecule is O=Cc1c(O)cccc1OCc1ccc(-c2ccc(OCc3cccnc3N3CCOCC3)c(C=O)c2O)nc1N1CCOCC1. The van der Waals surface area contributed by atoms with Gasteiger partial charge in [0.05, 0.1) is 43.2 Å². The van der Waals surface area contributed by atoms with E-state index < -0.39 is 0 Å². The van der Waals surface area contributed by atoms with Crippen LogP contribution in [0.15, 0.2) is 60.8 Å². The Kier molecular flexibility index (Phi) is 9.56. The van der Waals surface area contributed by atoms with Gasteiger partial charge in [0.2, 0.25) is 0 Å². The molecule has 0 atom stereocenters. The van der Waals surface area contributed by atoms with Crippen LogP contribution in [0.25, 0.3) is 11.3 Å². The van der Waals surface area contributed by atoms with E-state index in [1.807, 2.05) is 18.2 Å². The molecule has 4 heterocycles. The monoisotopic (exact) mass is 626 g/mol. The number of aldehydes is 2. The van der Waals surface area contributed by atoms with Crippen molar-refractivity contribution in [3.8, 4) is 34.3 Å². The molecule has 4 aromatic rings. The van der Waals surface area contributed by atoms with Gasteiger partial charge >= 0.3 is 0 Å². The summed E-state index contributed by atoms with van der Waals surface area (Å²) in [6.45, 7) is 5.13. The lowest BCUT2D eigenvalue weighted by Gasteiger charge is -2.30. The smallest absolute Gasteiger partial charge is 0.157 e. The van der Waals surface area contributed by atoms with Gasteiger partial charge < -0.3 is 39.0 Å². The molecule has 0 amide bonds. The first-order valence-electron chi connectivity index (χ1n) is 15.0. The number of anilines is 2. The highest BCUT2D eigenvalue weighted by atomic mass is 16.5. The fraction of sp³-hybridized carbons (Fsp3) is 0.294. The van der Waals surface area contributed by atoms with E-state index in [1.54, 1.807) is 36.5 Å². The predicted molar refractivity (Wildman–Crippen MR) is 169 cm³/mol. The van der Waals surface area contributed by atoms with Crippen molar-refractivity contribution in [2.45, 2.75) is 13.2 Å². The van der Waals surface area contributed by atoms with Crippen LogP contribution >= 0.6 is 0 Å². The van der Waals surface area contributed by atoms with Crippen LogP contribution in [0.4, 0.5) is 11.6 Å². The van der Waals surface area contributed by atoms with Crippen molar-refractivity contribution < 1.29 is 38.7 Å². The predicted octanol–water partition coefficient (Wildman–Crippen LogP) is 4.01. The molecule has 238 valence electrons. The molecule has 0 spiro atoms. The summed E-state index contributed by atoms with van der Waals surface area (Å²) in [4.78, 5) is 37.4. The number of ether oxygens (including phenoxy) is 4. The summed E-state index contributed by atoms with van der Waals surface area (Å²) in [5.74, 6) is 1.50. The van der Waals surface area contributed by atoms with Crippen LogP contribution in [-0.2, 0) is 22.7 Å². The summed E-state index contributed by atoms with van der Waals surface area (Å²) in [5, 5.41) is 21.3. The zero-order chi connectivity index (χ0) is 31.9. The zero-order valence-corrected chi connectivity index (χ0v) is 25.1. The molecule has 0 bridgehead atoms. The second kappa shape index (κ2) is 14.3. The number of aromatic hydroxyl groups is 2. The average Bonchev–Trinajstić information content (AvgIpc) is 3.11. The van der Waals surface area contributed by atoms with Crippen molar-refractivity contribution in [2.24, 2.45) is 0 Å². The van der Waals surface area contributed by atoms with Crippen LogP contribution in [0.2, 0.25) is 0 Å². The standard InChI is InChI=1S/C34H34N4O8/c39-19-26-29(41)4-1-5-30(26)45-22-24-6-8-28(36-34(24)38-13-17-44-18-14-38)25-7-9-31(27(20-40)32(25)42)46-21-23-3-2-10-35-33(23)37-11-15-43-16-12-37/h1-10,19-20,41-42H,11-18,21-22H2. The highest BCUT2D eigenvalue weighted by Crippen LogP contribution is 2.38. The third-order valence-corrected chi connectivity index (χ3v) is 7.94. The number of hydrogen-bond acceptors (Lipinski definition) is 12. The van der Waals surface area contributed by atoms with Gasteiger partial charge in [0, 0.05) is 49.1 Å². The Morgan fingerprint density at radius 1 is 0.717 bits per heavy atom. The van der Waals surface area contributed by atoms with Crippen LogP contribution in [-0.4, -0.2) is 85.4 Å². The van der Waals surface area contributed by atoms with E-state index in [-0.39, 0.29) is 47.3 Å². The van der Waals surface area contributed by atoms with Gasteiger partial charge in [-0.15, -0.1) is 0 Å². The molecule has 12 nitrogen and oxygen atoms in total. The summed E-state index contributed by atoms with van der Waals surface area (Å²) in [6, 6.07) is 15.3. The van der Waals surface area contributed by atoms with E-state index in [0.29, 0.717) is 69.2 Å². The minimum atomic E-state index is -0.244. The first kappa shape index (κ1) is 30.8. The molecule has 2 aliphatic rings. The third-order valence-electron chi connectivity index (χ3n) is 7.94. The minimum absolute atomic E-state index is 0.0155. The van der Waals surface area contributed by atoms with Crippen molar-refractivity contribution in [3.63, 3.8) is 0 Å². The second-order valence-electron chi connectivity index (χ2n) is 10.7. The molecule has 0 saturated carbocycles. The molecular formula is C34H34N4O8. The maximum atomic E-state index is 12.2. The number of morpholine rings is 2. The highest BCUT2D eigenvalue weighted by molar-refractivity contribution is 5.89. The summed E-state index contributed by atoms with van der Waals surface area (Å²) in [7, 11) is 0. The normalized spacial score (nSPS) is 15.0. The zero-order valence-electron chi connectivity index (χ0n) is 25.1. The van der Waals surface area contributed by atoms with Crippen molar-refractivity contribution >= 4 is 24.2 Å². The quantitative estimate of drug-likeness (QED) is 0.232. The fourth-order valence-electron chi connectivity index (χ4n) is 5.52. The van der Waals surface area contributed by atoms with Crippen molar-refractivity contribution in [1.29, 1.82) is 0 Å². The van der Waals surface area contributed by atoms with E-state index in [2.05, 4.69) is 14.8 Å². The molecule has 2 aliphatic heterocycles. The van der Waals surface area contributed by atoms with E-state index >= 15 is 0 Å². The van der Waals surface area contributed by atoms with Crippen LogP contribution in [0.3, 0.4) is 0 Å². The molecule has 0 aliphatic carbocycles. The second-order valence-corrected chi connectivity index (χ2v) is 10.7. The minimum Gasteiger partial charge on any atom is -0.507 e. The Balaban J connectivity index is 1.27. The van der Waals surface area contributed by atoms with Gasteiger partial charge in [-0.2, -0.15) is 0 Å². The largest absolute Gasteiger partial charge is 0.507 e. The molecule has 2 aromatic carbocycles. The van der Waals surface area contributed by atoms with E-state index in [1.165, 1.54) is 6.07 Å². The molecule has 0 unspecified atom stereocenters. The summed E-state index contributed by atoms with van der Waals surface area (Å²) >= 11 is 0. The molecule has 0 radical (unpaired) electrons. The van der Waals surface area contributed by atoms with E-state index in [9.17, 15) is 19.8 Å². The number of phenols is 2. The number of carbonyl (C=O) groups is 2. The molecule has 2 aromatic heterocycles. The van der Waals surface area contributed by atoms with Crippen molar-refractivity contribution in [1.82, 2.24) is 9.97 Å². The van der Waals surface area contributed by atoms with Crippen LogP contribution < -0.4 is 19.3 Å². The summed E-state index contributed by atoms with van der Waals surface area (Å²) < 4.78 is 23.0. The maximum absolute atomic E-state index is 12.2. The van der Waals surface area contributed by atoms with Gasteiger partial charge in [-0.1, -0.05) is 12.1 Å². The first-order chi connectivity index (χ1) is 22.6. The molecule has 46 heavy (non-hydrogen) atoms. The molecule has 2 fully saturated rings. The molecule has 2 saturated heterocycles. The van der Waals surface area contributed by atoms with Crippen molar-refractivity contribution in [2.75, 3.05) is 62.4 Å². The molecule has 6 rings (SSSR count). The summed E-state index contributed by atoms with van der Waals surface area (Å²) in [5.41, 5.74) is 2.48. The van der Waals surface area contributed by atoms with Gasteiger partial charge in [-0.3, -0.25) is 9.59 Å².